The second-order valence-electron chi connectivity index (χ2n) is 8.96. The van der Waals surface area contributed by atoms with Gasteiger partial charge in [-0.05, 0) is 59.7 Å². The van der Waals surface area contributed by atoms with Crippen LogP contribution in [0.4, 0.5) is 10.5 Å². The lowest BCUT2D eigenvalue weighted by molar-refractivity contribution is -0.620. The highest BCUT2D eigenvalue weighted by Crippen LogP contribution is 2.42. The lowest BCUT2D eigenvalue weighted by Crippen LogP contribution is -2.42. The molecule has 14 heteroatoms. The van der Waals surface area contributed by atoms with Crippen molar-refractivity contribution < 1.29 is 19.7 Å². The lowest BCUT2D eigenvalue weighted by atomic mass is 9.98. The molecule has 196 valence electrons. The SMILES string of the molecule is O=C(O)Nc1ccc(-c2nc([C@@]3(O)CCc4cc(-c5cc(Cl)ccc5-n5cnnn5)c[n+]([O-])c43)[nH]c2Cl)cc1. The third kappa shape index (κ3) is 4.34. The smallest absolute Gasteiger partial charge is 0.409 e. The summed E-state index contributed by atoms with van der Waals surface area (Å²) in [4.78, 5) is 18.3. The molecule has 0 fully saturated rings. The highest BCUT2D eigenvalue weighted by Gasteiger charge is 2.49. The van der Waals surface area contributed by atoms with Crippen LogP contribution in [-0.2, 0) is 12.0 Å². The Morgan fingerprint density at radius 3 is 2.67 bits per heavy atom. The summed E-state index contributed by atoms with van der Waals surface area (Å²) in [5, 5.41) is 48.2. The number of pyridine rings is 1. The van der Waals surface area contributed by atoms with Gasteiger partial charge in [-0.15, -0.1) is 5.10 Å². The molecule has 4 N–H and O–H groups in total. The summed E-state index contributed by atoms with van der Waals surface area (Å²) in [6.45, 7) is 0. The van der Waals surface area contributed by atoms with Crippen molar-refractivity contribution >= 4 is 35.0 Å². The molecule has 6 rings (SSSR count). The van der Waals surface area contributed by atoms with E-state index in [4.69, 9.17) is 28.3 Å². The molecule has 39 heavy (non-hydrogen) atoms. The first kappa shape index (κ1) is 24.8. The van der Waals surface area contributed by atoms with E-state index in [1.165, 1.54) is 17.2 Å². The third-order valence-electron chi connectivity index (χ3n) is 6.58. The van der Waals surface area contributed by atoms with Crippen LogP contribution in [0.3, 0.4) is 0 Å². The van der Waals surface area contributed by atoms with E-state index >= 15 is 0 Å². The molecule has 3 heterocycles. The summed E-state index contributed by atoms with van der Waals surface area (Å²) in [5.74, 6) is 0.128. The van der Waals surface area contributed by atoms with Gasteiger partial charge in [-0.1, -0.05) is 35.3 Å². The maximum atomic E-state index is 13.4. The third-order valence-corrected chi connectivity index (χ3v) is 7.09. The van der Waals surface area contributed by atoms with Gasteiger partial charge in [0.25, 0.3) is 0 Å². The average molecular weight is 565 g/mol. The molecule has 0 saturated carbocycles. The number of amides is 1. The van der Waals surface area contributed by atoms with Crippen molar-refractivity contribution in [1.82, 2.24) is 30.2 Å². The van der Waals surface area contributed by atoms with Crippen molar-refractivity contribution in [1.29, 1.82) is 0 Å². The number of carbonyl (C=O) groups is 1. The number of rotatable bonds is 5. The van der Waals surface area contributed by atoms with Gasteiger partial charge in [0.15, 0.2) is 12.0 Å². The van der Waals surface area contributed by atoms with Crippen LogP contribution in [0.25, 0.3) is 28.1 Å². The topological polar surface area (TPSA) is 169 Å². The quantitative estimate of drug-likeness (QED) is 0.184. The van der Waals surface area contributed by atoms with Crippen LogP contribution < -0.4 is 10.0 Å². The van der Waals surface area contributed by atoms with Crippen molar-refractivity contribution in [3.8, 4) is 28.1 Å². The molecule has 2 aromatic carbocycles. The largest absolute Gasteiger partial charge is 0.618 e. The zero-order valence-electron chi connectivity index (χ0n) is 19.8. The fourth-order valence-corrected chi connectivity index (χ4v) is 5.27. The van der Waals surface area contributed by atoms with Crippen molar-refractivity contribution in [3.05, 3.63) is 93.5 Å². The van der Waals surface area contributed by atoms with Gasteiger partial charge in [-0.3, -0.25) is 5.32 Å². The Bertz CT molecular complexity index is 1720. The summed E-state index contributed by atoms with van der Waals surface area (Å²) in [6.07, 6.45) is 2.24. The first-order chi connectivity index (χ1) is 18.7. The molecule has 0 bridgehead atoms. The van der Waals surface area contributed by atoms with E-state index in [0.717, 1.165) is 0 Å². The van der Waals surface area contributed by atoms with E-state index in [1.54, 1.807) is 42.5 Å². The second kappa shape index (κ2) is 9.34. The Kier molecular flexibility index (Phi) is 5.94. The number of aliphatic hydroxyl groups is 1. The fourth-order valence-electron chi connectivity index (χ4n) is 4.86. The molecule has 1 aliphatic carbocycles. The second-order valence-corrected chi connectivity index (χ2v) is 9.77. The van der Waals surface area contributed by atoms with E-state index in [0.29, 0.717) is 55.5 Å². The number of benzene rings is 2. The van der Waals surface area contributed by atoms with Gasteiger partial charge < -0.3 is 20.4 Å². The number of imidazole rings is 1. The van der Waals surface area contributed by atoms with Crippen LogP contribution in [0.1, 0.15) is 23.5 Å². The zero-order chi connectivity index (χ0) is 27.3. The van der Waals surface area contributed by atoms with E-state index in [2.05, 4.69) is 30.8 Å². The Labute approximate surface area is 230 Å². The number of tetrazole rings is 1. The maximum Gasteiger partial charge on any atom is 0.409 e. The van der Waals surface area contributed by atoms with Crippen molar-refractivity contribution in [2.24, 2.45) is 0 Å². The van der Waals surface area contributed by atoms with Crippen molar-refractivity contribution in [2.45, 2.75) is 18.4 Å². The molecule has 0 radical (unpaired) electrons. The van der Waals surface area contributed by atoms with Gasteiger partial charge in [0, 0.05) is 33.0 Å². The summed E-state index contributed by atoms with van der Waals surface area (Å²) in [6, 6.07) is 13.4. The number of nitrogens with one attached hydrogen (secondary N) is 2. The standard InChI is InChI=1S/C25H18Cl2N8O4/c26-16-3-6-19(34-12-28-32-33-34)18(10-16)15-9-14-7-8-25(38,21(14)35(39)11-15)23-30-20(22(27)31-23)13-1-4-17(5-2-13)29-24(36)37/h1-6,9-12,29,38H,7-8H2,(H,30,31)(H,36,37)/t25-/m1/s1. The normalized spacial score (nSPS) is 16.3. The molecule has 0 spiro atoms. The Hall–Kier alpha value is -4.52. The molecular formula is C25H18Cl2N8O4. The number of aromatic amines is 1. The molecular weight excluding hydrogens is 547 g/mol. The highest BCUT2D eigenvalue weighted by molar-refractivity contribution is 6.32. The molecule has 5 aromatic rings. The summed E-state index contributed by atoms with van der Waals surface area (Å²) >= 11 is 12.7. The summed E-state index contributed by atoms with van der Waals surface area (Å²) in [7, 11) is 0. The zero-order valence-corrected chi connectivity index (χ0v) is 21.3. The number of hydrogen-bond acceptors (Lipinski definition) is 7. The minimum absolute atomic E-state index is 0.128. The van der Waals surface area contributed by atoms with Gasteiger partial charge in [0.2, 0.25) is 11.3 Å². The van der Waals surface area contributed by atoms with E-state index in [9.17, 15) is 15.1 Å². The van der Waals surface area contributed by atoms with Crippen LogP contribution in [0.15, 0.2) is 61.1 Å². The average Bonchev–Trinajstić information content (AvgIpc) is 3.64. The molecule has 1 amide bonds. The van der Waals surface area contributed by atoms with Crippen LogP contribution in [0, 0.1) is 5.21 Å². The number of carboxylic acid groups (broad SMARTS) is 1. The number of hydrogen-bond donors (Lipinski definition) is 4. The summed E-state index contributed by atoms with van der Waals surface area (Å²) < 4.78 is 2.12. The predicted octanol–water partition coefficient (Wildman–Crippen LogP) is 3.93. The lowest BCUT2D eigenvalue weighted by Gasteiger charge is -2.20. The predicted molar refractivity (Wildman–Crippen MR) is 141 cm³/mol. The molecule has 1 aliphatic rings. The Morgan fingerprint density at radius 2 is 1.95 bits per heavy atom. The summed E-state index contributed by atoms with van der Waals surface area (Å²) in [5.41, 5.74) is 2.26. The monoisotopic (exact) mass is 564 g/mol. The van der Waals surface area contributed by atoms with Crippen LogP contribution >= 0.6 is 23.2 Å². The fraction of sp³-hybridized carbons (Fsp3) is 0.120. The van der Waals surface area contributed by atoms with Gasteiger partial charge in [-0.2, -0.15) is 9.41 Å². The molecule has 0 unspecified atom stereocenters. The number of aryl methyl sites for hydroxylation is 1. The molecule has 1 atom stereocenters. The molecule has 12 nitrogen and oxygen atoms in total. The van der Waals surface area contributed by atoms with Gasteiger partial charge in [-0.25, -0.2) is 9.78 Å². The van der Waals surface area contributed by atoms with Crippen LogP contribution in [0.2, 0.25) is 10.2 Å². The van der Waals surface area contributed by atoms with Gasteiger partial charge in [0.05, 0.1) is 5.69 Å². The van der Waals surface area contributed by atoms with E-state index in [-0.39, 0.29) is 23.1 Å². The minimum atomic E-state index is -1.71. The highest BCUT2D eigenvalue weighted by atomic mass is 35.5. The number of anilines is 1. The number of aromatic nitrogens is 7. The molecule has 0 aliphatic heterocycles. The first-order valence-corrected chi connectivity index (χ1v) is 12.4. The molecule has 0 saturated heterocycles. The van der Waals surface area contributed by atoms with Crippen molar-refractivity contribution in [2.75, 3.05) is 5.32 Å². The number of fused-ring (bicyclic) bond motifs is 1. The van der Waals surface area contributed by atoms with Crippen molar-refractivity contribution in [3.63, 3.8) is 0 Å². The number of nitrogens with zero attached hydrogens (tertiary/aromatic N) is 6. The molecule has 3 aromatic heterocycles. The van der Waals surface area contributed by atoms with Crippen LogP contribution in [-0.4, -0.2) is 46.5 Å². The van der Waals surface area contributed by atoms with Gasteiger partial charge >= 0.3 is 6.09 Å². The number of H-pyrrole nitrogens is 1. The van der Waals surface area contributed by atoms with E-state index in [1.807, 2.05) is 6.07 Å². The van der Waals surface area contributed by atoms with Crippen LogP contribution in [0.5, 0.6) is 0 Å². The van der Waals surface area contributed by atoms with E-state index < -0.39 is 11.7 Å². The first-order valence-electron chi connectivity index (χ1n) is 11.6. The maximum absolute atomic E-state index is 13.4. The minimum Gasteiger partial charge on any atom is -0.618 e. The number of halogens is 2. The Balaban J connectivity index is 1.38. The van der Waals surface area contributed by atoms with Gasteiger partial charge in [0.1, 0.15) is 17.2 Å². The Morgan fingerprint density at radius 1 is 1.15 bits per heavy atom.